The monoisotopic (exact) mass is 241 g/mol. The molecule has 0 amide bonds. The molecule has 0 saturated heterocycles. The standard InChI is InChI=1S/C9H8BrNO2/c1-6-2-3-8(13-6)9-7(4-10)11-5-12-9/h2-3,5H,4H2,1H3. The summed E-state index contributed by atoms with van der Waals surface area (Å²) in [4.78, 5) is 4.05. The van der Waals surface area contributed by atoms with Crippen LogP contribution in [0.1, 0.15) is 11.5 Å². The molecular formula is C9H8BrNO2. The largest absolute Gasteiger partial charge is 0.458 e. The van der Waals surface area contributed by atoms with E-state index in [2.05, 4.69) is 20.9 Å². The van der Waals surface area contributed by atoms with Crippen LogP contribution in [0.15, 0.2) is 27.4 Å². The van der Waals surface area contributed by atoms with E-state index in [9.17, 15) is 0 Å². The van der Waals surface area contributed by atoms with Crippen LogP contribution >= 0.6 is 15.9 Å². The molecule has 0 saturated carbocycles. The molecule has 68 valence electrons. The first-order valence-electron chi connectivity index (χ1n) is 3.86. The minimum atomic E-state index is 0.665. The number of oxazole rings is 1. The number of rotatable bonds is 2. The van der Waals surface area contributed by atoms with Gasteiger partial charge in [0, 0.05) is 5.33 Å². The zero-order chi connectivity index (χ0) is 9.26. The third-order valence-corrected chi connectivity index (χ3v) is 2.26. The lowest BCUT2D eigenvalue weighted by Crippen LogP contribution is -1.79. The van der Waals surface area contributed by atoms with Gasteiger partial charge in [0.15, 0.2) is 17.9 Å². The molecule has 0 atom stereocenters. The highest BCUT2D eigenvalue weighted by molar-refractivity contribution is 9.08. The number of hydrogen-bond acceptors (Lipinski definition) is 3. The summed E-state index contributed by atoms with van der Waals surface area (Å²) >= 11 is 3.33. The van der Waals surface area contributed by atoms with Gasteiger partial charge in [-0.2, -0.15) is 0 Å². The maximum Gasteiger partial charge on any atom is 0.193 e. The van der Waals surface area contributed by atoms with Gasteiger partial charge in [-0.1, -0.05) is 15.9 Å². The van der Waals surface area contributed by atoms with E-state index >= 15 is 0 Å². The van der Waals surface area contributed by atoms with Crippen LogP contribution in [0.2, 0.25) is 0 Å². The second kappa shape index (κ2) is 3.38. The van der Waals surface area contributed by atoms with Gasteiger partial charge in [0.1, 0.15) is 11.5 Å². The van der Waals surface area contributed by atoms with Crippen molar-refractivity contribution in [2.24, 2.45) is 0 Å². The van der Waals surface area contributed by atoms with Crippen molar-refractivity contribution in [1.82, 2.24) is 4.98 Å². The average Bonchev–Trinajstić information content (AvgIpc) is 2.71. The molecule has 0 unspecified atom stereocenters. The molecule has 0 N–H and O–H groups in total. The normalized spacial score (nSPS) is 10.6. The predicted molar refractivity (Wildman–Crippen MR) is 51.6 cm³/mol. The van der Waals surface area contributed by atoms with Crippen molar-refractivity contribution in [1.29, 1.82) is 0 Å². The van der Waals surface area contributed by atoms with Gasteiger partial charge in [-0.05, 0) is 19.1 Å². The van der Waals surface area contributed by atoms with Crippen molar-refractivity contribution < 1.29 is 8.83 Å². The number of hydrogen-bond donors (Lipinski definition) is 0. The minimum absolute atomic E-state index is 0.665. The highest BCUT2D eigenvalue weighted by atomic mass is 79.9. The number of furan rings is 1. The van der Waals surface area contributed by atoms with Gasteiger partial charge in [0.05, 0.1) is 0 Å². The van der Waals surface area contributed by atoms with Crippen molar-refractivity contribution in [3.8, 4) is 11.5 Å². The van der Waals surface area contributed by atoms with Gasteiger partial charge in [-0.3, -0.25) is 0 Å². The smallest absolute Gasteiger partial charge is 0.193 e. The molecule has 4 heteroatoms. The fourth-order valence-electron chi connectivity index (χ4n) is 1.12. The number of nitrogens with zero attached hydrogens (tertiary/aromatic N) is 1. The minimum Gasteiger partial charge on any atom is -0.458 e. The Bertz CT molecular complexity index is 405. The quantitative estimate of drug-likeness (QED) is 0.759. The second-order valence-corrected chi connectivity index (χ2v) is 3.23. The maximum absolute atomic E-state index is 5.42. The summed E-state index contributed by atoms with van der Waals surface area (Å²) < 4.78 is 10.6. The van der Waals surface area contributed by atoms with Crippen molar-refractivity contribution in [3.05, 3.63) is 30.0 Å². The first-order chi connectivity index (χ1) is 6.31. The van der Waals surface area contributed by atoms with Crippen molar-refractivity contribution in [2.45, 2.75) is 12.3 Å². The van der Waals surface area contributed by atoms with Crippen LogP contribution < -0.4 is 0 Å². The van der Waals surface area contributed by atoms with Crippen LogP contribution in [-0.2, 0) is 5.33 Å². The Morgan fingerprint density at radius 3 is 2.92 bits per heavy atom. The lowest BCUT2D eigenvalue weighted by Gasteiger charge is -1.92. The predicted octanol–water partition coefficient (Wildman–Crippen LogP) is 3.14. The number of aryl methyl sites for hydroxylation is 1. The first-order valence-corrected chi connectivity index (χ1v) is 4.98. The number of halogens is 1. The summed E-state index contributed by atoms with van der Waals surface area (Å²) in [5, 5.41) is 0.665. The SMILES string of the molecule is Cc1ccc(-c2ocnc2CBr)o1. The van der Waals surface area contributed by atoms with E-state index in [1.165, 1.54) is 6.39 Å². The Labute approximate surface area is 83.9 Å². The van der Waals surface area contributed by atoms with E-state index in [1.807, 2.05) is 19.1 Å². The summed E-state index contributed by atoms with van der Waals surface area (Å²) in [7, 11) is 0. The van der Waals surface area contributed by atoms with Crippen molar-refractivity contribution in [2.75, 3.05) is 0 Å². The van der Waals surface area contributed by atoms with Gasteiger partial charge in [-0.15, -0.1) is 0 Å². The Morgan fingerprint density at radius 2 is 2.31 bits per heavy atom. The van der Waals surface area contributed by atoms with Crippen LogP contribution in [-0.4, -0.2) is 4.98 Å². The highest BCUT2D eigenvalue weighted by Gasteiger charge is 2.12. The molecule has 0 bridgehead atoms. The van der Waals surface area contributed by atoms with Crippen molar-refractivity contribution >= 4 is 15.9 Å². The van der Waals surface area contributed by atoms with Gasteiger partial charge in [0.2, 0.25) is 0 Å². The van der Waals surface area contributed by atoms with Gasteiger partial charge < -0.3 is 8.83 Å². The average molecular weight is 242 g/mol. The molecular weight excluding hydrogens is 234 g/mol. The molecule has 2 aromatic rings. The Balaban J connectivity index is 2.45. The van der Waals surface area contributed by atoms with E-state index in [1.54, 1.807) is 0 Å². The summed E-state index contributed by atoms with van der Waals surface area (Å²) in [5.41, 5.74) is 0.856. The zero-order valence-corrected chi connectivity index (χ0v) is 8.67. The summed E-state index contributed by atoms with van der Waals surface area (Å²) in [6.45, 7) is 1.90. The fraction of sp³-hybridized carbons (Fsp3) is 0.222. The van der Waals surface area contributed by atoms with E-state index in [0.717, 1.165) is 17.2 Å². The molecule has 0 aliphatic carbocycles. The maximum atomic E-state index is 5.42. The Kier molecular flexibility index (Phi) is 2.22. The molecule has 2 aromatic heterocycles. The first kappa shape index (κ1) is 8.56. The number of alkyl halides is 1. The van der Waals surface area contributed by atoms with Gasteiger partial charge in [-0.25, -0.2) is 4.98 Å². The van der Waals surface area contributed by atoms with Crippen LogP contribution in [0.5, 0.6) is 0 Å². The zero-order valence-electron chi connectivity index (χ0n) is 7.08. The molecule has 0 aromatic carbocycles. The molecule has 13 heavy (non-hydrogen) atoms. The molecule has 0 radical (unpaired) electrons. The molecule has 0 fully saturated rings. The lowest BCUT2D eigenvalue weighted by atomic mass is 10.3. The molecule has 0 aliphatic heterocycles. The lowest BCUT2D eigenvalue weighted by molar-refractivity contribution is 0.504. The van der Waals surface area contributed by atoms with Crippen LogP contribution in [0.25, 0.3) is 11.5 Å². The van der Waals surface area contributed by atoms with Gasteiger partial charge >= 0.3 is 0 Å². The summed E-state index contributed by atoms with van der Waals surface area (Å²) in [6.07, 6.45) is 1.42. The molecule has 0 spiro atoms. The van der Waals surface area contributed by atoms with E-state index in [0.29, 0.717) is 11.1 Å². The summed E-state index contributed by atoms with van der Waals surface area (Å²) in [5.74, 6) is 2.29. The Morgan fingerprint density at radius 1 is 1.46 bits per heavy atom. The topological polar surface area (TPSA) is 39.2 Å². The van der Waals surface area contributed by atoms with E-state index in [4.69, 9.17) is 8.83 Å². The van der Waals surface area contributed by atoms with Crippen LogP contribution in [0.4, 0.5) is 0 Å². The fourth-order valence-corrected chi connectivity index (χ4v) is 1.52. The third-order valence-electron chi connectivity index (χ3n) is 1.73. The van der Waals surface area contributed by atoms with Gasteiger partial charge in [0.25, 0.3) is 0 Å². The molecule has 2 rings (SSSR count). The molecule has 3 nitrogen and oxygen atoms in total. The second-order valence-electron chi connectivity index (χ2n) is 2.67. The van der Waals surface area contributed by atoms with E-state index in [-0.39, 0.29) is 0 Å². The van der Waals surface area contributed by atoms with Crippen LogP contribution in [0, 0.1) is 6.92 Å². The molecule has 0 aliphatic rings. The van der Waals surface area contributed by atoms with Crippen LogP contribution in [0.3, 0.4) is 0 Å². The third kappa shape index (κ3) is 1.54. The highest BCUT2D eigenvalue weighted by Crippen LogP contribution is 2.26. The molecule has 2 heterocycles. The number of aromatic nitrogens is 1. The Hall–Kier alpha value is -1.03. The summed E-state index contributed by atoms with van der Waals surface area (Å²) in [6, 6.07) is 3.78. The van der Waals surface area contributed by atoms with Crippen molar-refractivity contribution in [3.63, 3.8) is 0 Å². The van der Waals surface area contributed by atoms with E-state index < -0.39 is 0 Å².